The van der Waals surface area contributed by atoms with Crippen molar-refractivity contribution in [3.05, 3.63) is 77.1 Å². The lowest BCUT2D eigenvalue weighted by Crippen LogP contribution is -2.48. The van der Waals surface area contributed by atoms with E-state index in [0.29, 0.717) is 6.54 Å². The second-order valence-electron chi connectivity index (χ2n) is 7.25. The fraction of sp³-hybridized carbons (Fsp3) is 0.364. The highest BCUT2D eigenvalue weighted by molar-refractivity contribution is 6.34. The van der Waals surface area contributed by atoms with Crippen molar-refractivity contribution >= 4 is 17.5 Å². The highest BCUT2D eigenvalue weighted by atomic mass is 35.5. The zero-order valence-corrected chi connectivity index (χ0v) is 17.1. The third-order valence-corrected chi connectivity index (χ3v) is 5.70. The van der Waals surface area contributed by atoms with Crippen molar-refractivity contribution in [1.29, 1.82) is 0 Å². The van der Waals surface area contributed by atoms with Crippen LogP contribution in [-0.2, 0) is 6.18 Å². The van der Waals surface area contributed by atoms with Crippen molar-refractivity contribution in [2.45, 2.75) is 37.5 Å². The zero-order valence-electron chi connectivity index (χ0n) is 16.3. The van der Waals surface area contributed by atoms with Gasteiger partial charge in [0.2, 0.25) is 0 Å². The Bertz CT molecular complexity index is 889. The molecule has 3 rings (SSSR count). The number of pyridine rings is 1. The molecule has 1 aromatic carbocycles. The molecule has 0 bridgehead atoms. The van der Waals surface area contributed by atoms with E-state index in [1.807, 2.05) is 12.1 Å². The third kappa shape index (κ3) is 5.02. The molecule has 2 unspecified atom stereocenters. The predicted molar refractivity (Wildman–Crippen MR) is 110 cm³/mol. The normalized spacial score (nSPS) is 18.6. The van der Waals surface area contributed by atoms with Gasteiger partial charge >= 0.3 is 6.18 Å². The molecule has 2 aromatic rings. The van der Waals surface area contributed by atoms with Crippen LogP contribution in [0.4, 0.5) is 13.2 Å². The number of amides is 1. The molecule has 2 heterocycles. The summed E-state index contributed by atoms with van der Waals surface area (Å²) in [5.74, 6) is -0.649. The van der Waals surface area contributed by atoms with Gasteiger partial charge in [-0.25, -0.2) is 0 Å². The number of halogens is 4. The molecule has 4 nitrogen and oxygen atoms in total. The number of likely N-dealkylation sites (tertiary alicyclic amines) is 1. The number of rotatable bonds is 6. The first kappa shape index (κ1) is 22.3. The van der Waals surface area contributed by atoms with Crippen LogP contribution in [0.3, 0.4) is 0 Å². The van der Waals surface area contributed by atoms with Gasteiger partial charge in [0.25, 0.3) is 5.91 Å². The number of aromatic nitrogens is 1. The summed E-state index contributed by atoms with van der Waals surface area (Å²) in [6.45, 7) is 5.32. The molecule has 1 aliphatic rings. The van der Waals surface area contributed by atoms with Gasteiger partial charge in [0, 0.05) is 25.0 Å². The molecular weight excluding hydrogens is 415 g/mol. The standard InChI is InChI=1S/C22H23ClF3N3O/c1-2-12-29-13-4-3-10-18(29)20(15-7-6-11-27-14-15)28-21(30)16-8-5-9-17(19(16)23)22(24,25)26/h2,5-9,11,14,18,20H,1,3-4,10,12-13H2,(H,28,30). The smallest absolute Gasteiger partial charge is 0.344 e. The first-order valence-electron chi connectivity index (χ1n) is 9.74. The predicted octanol–water partition coefficient (Wildman–Crippen LogP) is 5.27. The van der Waals surface area contributed by atoms with Crippen molar-refractivity contribution in [3.8, 4) is 0 Å². The van der Waals surface area contributed by atoms with E-state index < -0.39 is 28.7 Å². The molecule has 2 atom stereocenters. The molecule has 1 amide bonds. The minimum absolute atomic E-state index is 0.0329. The summed E-state index contributed by atoms with van der Waals surface area (Å²) in [7, 11) is 0. The Kier molecular flexibility index (Phi) is 7.15. The van der Waals surface area contributed by atoms with E-state index in [2.05, 4.69) is 21.8 Å². The Morgan fingerprint density at radius 2 is 2.13 bits per heavy atom. The van der Waals surface area contributed by atoms with E-state index in [4.69, 9.17) is 11.6 Å². The second kappa shape index (κ2) is 9.62. The quantitative estimate of drug-likeness (QED) is 0.626. The average Bonchev–Trinajstić information content (AvgIpc) is 2.72. The van der Waals surface area contributed by atoms with Gasteiger partial charge in [-0.1, -0.05) is 36.2 Å². The SMILES string of the molecule is C=CCN1CCCCC1C(NC(=O)c1cccc(C(F)(F)F)c1Cl)c1cccnc1. The van der Waals surface area contributed by atoms with Crippen LogP contribution in [0.1, 0.15) is 46.8 Å². The molecule has 8 heteroatoms. The van der Waals surface area contributed by atoms with E-state index in [1.165, 1.54) is 12.1 Å². The number of hydrogen-bond acceptors (Lipinski definition) is 3. The summed E-state index contributed by atoms with van der Waals surface area (Å²) in [5, 5.41) is 2.32. The van der Waals surface area contributed by atoms with Crippen LogP contribution >= 0.6 is 11.6 Å². The monoisotopic (exact) mass is 437 g/mol. The molecule has 0 radical (unpaired) electrons. The summed E-state index contributed by atoms with van der Waals surface area (Å²) in [4.78, 5) is 19.4. The van der Waals surface area contributed by atoms with Crippen LogP contribution in [0.2, 0.25) is 5.02 Å². The lowest BCUT2D eigenvalue weighted by Gasteiger charge is -2.40. The third-order valence-electron chi connectivity index (χ3n) is 5.29. The first-order valence-corrected chi connectivity index (χ1v) is 10.1. The number of carbonyl (C=O) groups is 1. The van der Waals surface area contributed by atoms with E-state index >= 15 is 0 Å². The molecule has 30 heavy (non-hydrogen) atoms. The Morgan fingerprint density at radius 3 is 2.80 bits per heavy atom. The molecule has 1 aliphatic heterocycles. The minimum Gasteiger partial charge on any atom is -0.344 e. The van der Waals surface area contributed by atoms with Gasteiger partial charge in [-0.2, -0.15) is 13.2 Å². The summed E-state index contributed by atoms with van der Waals surface area (Å²) >= 11 is 5.97. The summed E-state index contributed by atoms with van der Waals surface area (Å²) in [6.07, 6.45) is 3.34. The number of alkyl halides is 3. The van der Waals surface area contributed by atoms with Crippen molar-refractivity contribution in [2.75, 3.05) is 13.1 Å². The van der Waals surface area contributed by atoms with Crippen LogP contribution in [0.15, 0.2) is 55.4 Å². The maximum absolute atomic E-state index is 13.2. The fourth-order valence-corrected chi connectivity index (χ4v) is 4.21. The lowest BCUT2D eigenvalue weighted by atomic mass is 9.91. The van der Waals surface area contributed by atoms with Crippen LogP contribution in [-0.4, -0.2) is 34.9 Å². The van der Waals surface area contributed by atoms with Gasteiger partial charge in [0.15, 0.2) is 0 Å². The highest BCUT2D eigenvalue weighted by Gasteiger charge is 2.36. The van der Waals surface area contributed by atoms with Crippen LogP contribution < -0.4 is 5.32 Å². The van der Waals surface area contributed by atoms with Crippen molar-refractivity contribution in [1.82, 2.24) is 15.2 Å². The summed E-state index contributed by atoms with van der Waals surface area (Å²) < 4.78 is 39.6. The molecule has 1 fully saturated rings. The van der Waals surface area contributed by atoms with Gasteiger partial charge in [-0.3, -0.25) is 14.7 Å². The highest BCUT2D eigenvalue weighted by Crippen LogP contribution is 2.36. The maximum atomic E-state index is 13.2. The number of benzene rings is 1. The summed E-state index contributed by atoms with van der Waals surface area (Å²) in [5.41, 5.74) is -0.443. The minimum atomic E-state index is -4.64. The van der Waals surface area contributed by atoms with Crippen LogP contribution in [0, 0.1) is 0 Å². The Balaban J connectivity index is 1.94. The zero-order chi connectivity index (χ0) is 21.7. The molecule has 1 aromatic heterocycles. The van der Waals surface area contributed by atoms with Gasteiger partial charge in [0.1, 0.15) is 0 Å². The van der Waals surface area contributed by atoms with Crippen molar-refractivity contribution < 1.29 is 18.0 Å². The molecule has 0 saturated carbocycles. The van der Waals surface area contributed by atoms with Gasteiger partial charge < -0.3 is 5.32 Å². The number of nitrogens with zero attached hydrogens (tertiary/aromatic N) is 2. The van der Waals surface area contributed by atoms with Gasteiger partial charge in [-0.15, -0.1) is 6.58 Å². The number of hydrogen-bond donors (Lipinski definition) is 1. The lowest BCUT2D eigenvalue weighted by molar-refractivity contribution is -0.137. The van der Waals surface area contributed by atoms with Crippen LogP contribution in [0.5, 0.6) is 0 Å². The first-order chi connectivity index (χ1) is 14.3. The molecular formula is C22H23ClF3N3O. The molecule has 160 valence electrons. The molecule has 1 saturated heterocycles. The number of piperidine rings is 1. The average molecular weight is 438 g/mol. The van der Waals surface area contributed by atoms with E-state index in [-0.39, 0.29) is 11.6 Å². The van der Waals surface area contributed by atoms with Gasteiger partial charge in [-0.05, 0) is 43.1 Å². The Hall–Kier alpha value is -2.38. The molecule has 0 aliphatic carbocycles. The van der Waals surface area contributed by atoms with E-state index in [1.54, 1.807) is 18.5 Å². The van der Waals surface area contributed by atoms with E-state index in [9.17, 15) is 18.0 Å². The van der Waals surface area contributed by atoms with Gasteiger partial charge in [0.05, 0.1) is 22.2 Å². The topological polar surface area (TPSA) is 45.2 Å². The fourth-order valence-electron chi connectivity index (χ4n) is 3.89. The van der Waals surface area contributed by atoms with Crippen molar-refractivity contribution in [3.63, 3.8) is 0 Å². The second-order valence-corrected chi connectivity index (χ2v) is 7.63. The Labute approximate surface area is 178 Å². The van der Waals surface area contributed by atoms with Crippen molar-refractivity contribution in [2.24, 2.45) is 0 Å². The van der Waals surface area contributed by atoms with E-state index in [0.717, 1.165) is 37.4 Å². The maximum Gasteiger partial charge on any atom is 0.417 e. The number of nitrogens with one attached hydrogen (secondary N) is 1. The Morgan fingerprint density at radius 1 is 1.33 bits per heavy atom. The number of carbonyl (C=O) groups excluding carboxylic acids is 1. The molecule has 1 N–H and O–H groups in total. The summed E-state index contributed by atoms with van der Waals surface area (Å²) in [6, 6.07) is 6.50. The largest absolute Gasteiger partial charge is 0.417 e. The van der Waals surface area contributed by atoms with Crippen LogP contribution in [0.25, 0.3) is 0 Å². The molecule has 0 spiro atoms.